The molecule has 0 saturated carbocycles. The lowest BCUT2D eigenvalue weighted by atomic mass is 10.0. The van der Waals surface area contributed by atoms with Gasteiger partial charge >= 0.3 is 11.8 Å². The number of amides is 2. The molecule has 12 heteroatoms. The molecule has 3 fully saturated rings. The molecular formula is C35H44N8O4. The van der Waals surface area contributed by atoms with E-state index in [0.717, 1.165) is 66.7 Å². The Morgan fingerprint density at radius 3 is 2.36 bits per heavy atom. The van der Waals surface area contributed by atoms with Crippen molar-refractivity contribution in [2.45, 2.75) is 50.3 Å². The minimum absolute atomic E-state index is 0.0276. The molecule has 0 unspecified atom stereocenters. The molecule has 0 radical (unpaired) electrons. The zero-order chi connectivity index (χ0) is 32.3. The van der Waals surface area contributed by atoms with Gasteiger partial charge in [0.1, 0.15) is 0 Å². The number of nitrogens with zero attached hydrogens (tertiary/aromatic N) is 6. The Hall–Kier alpha value is -4.42. The van der Waals surface area contributed by atoms with Gasteiger partial charge in [-0.05, 0) is 69.1 Å². The van der Waals surface area contributed by atoms with Crippen LogP contribution in [-0.4, -0.2) is 123 Å². The standard InChI is InChI=1S/C35H44N8O4/c1-39-13-9-28(10-14-39)40-17-19-41(20-18-40)33(44)32(22-25-7-8-30-27(21-25)23-36-38-30)47-35(46)42-15-11-29(12-16-42)43-24-31(37-34(43)45)26-5-3-2-4-6-26/h2-8,21,23-24,28-29,32H,9-20,22H2,1H3,(H,36,38)(H,37,45)/t32-/m1/s1. The number of aromatic nitrogens is 4. The number of rotatable bonds is 7. The Kier molecular flexibility index (Phi) is 9.12. The van der Waals surface area contributed by atoms with Crippen molar-refractivity contribution in [1.29, 1.82) is 0 Å². The van der Waals surface area contributed by atoms with E-state index < -0.39 is 12.2 Å². The Bertz CT molecular complexity index is 1720. The number of nitrogens with one attached hydrogen (secondary N) is 2. The molecule has 3 aliphatic rings. The Labute approximate surface area is 274 Å². The first-order chi connectivity index (χ1) is 22.9. The minimum atomic E-state index is -0.930. The van der Waals surface area contributed by atoms with E-state index in [9.17, 15) is 14.4 Å². The third-order valence-corrected chi connectivity index (χ3v) is 10.2. The number of H-pyrrole nitrogens is 2. The van der Waals surface area contributed by atoms with Crippen LogP contribution in [0.3, 0.4) is 0 Å². The predicted molar refractivity (Wildman–Crippen MR) is 179 cm³/mol. The van der Waals surface area contributed by atoms with Gasteiger partial charge in [0.25, 0.3) is 5.91 Å². The van der Waals surface area contributed by atoms with Crippen LogP contribution in [0.15, 0.2) is 65.7 Å². The quantitative estimate of drug-likeness (QED) is 0.318. The van der Waals surface area contributed by atoms with Crippen molar-refractivity contribution in [1.82, 2.24) is 39.3 Å². The molecule has 3 aliphatic heterocycles. The summed E-state index contributed by atoms with van der Waals surface area (Å²) in [5.41, 5.74) is 3.41. The number of likely N-dealkylation sites (tertiary alicyclic amines) is 2. The number of piperidine rings is 2. The van der Waals surface area contributed by atoms with Crippen LogP contribution >= 0.6 is 0 Å². The number of carbonyl (C=O) groups excluding carboxylic acids is 2. The summed E-state index contributed by atoms with van der Waals surface area (Å²) in [4.78, 5) is 51.8. The number of hydrogen-bond donors (Lipinski definition) is 2. The molecule has 47 heavy (non-hydrogen) atoms. The van der Waals surface area contributed by atoms with Gasteiger partial charge in [-0.3, -0.25) is 19.4 Å². The number of ether oxygens (including phenoxy) is 1. The molecule has 7 rings (SSSR count). The van der Waals surface area contributed by atoms with Crippen molar-refractivity contribution >= 4 is 22.9 Å². The summed E-state index contributed by atoms with van der Waals surface area (Å²) >= 11 is 0. The second kappa shape index (κ2) is 13.7. The number of carbonyl (C=O) groups is 2. The molecule has 12 nitrogen and oxygen atoms in total. The van der Waals surface area contributed by atoms with Gasteiger partial charge in [-0.2, -0.15) is 5.10 Å². The van der Waals surface area contributed by atoms with Crippen LogP contribution in [-0.2, 0) is 16.0 Å². The van der Waals surface area contributed by atoms with Gasteiger partial charge < -0.3 is 24.4 Å². The van der Waals surface area contributed by atoms with Gasteiger partial charge in [-0.25, -0.2) is 9.59 Å². The lowest BCUT2D eigenvalue weighted by molar-refractivity contribution is -0.143. The predicted octanol–water partition coefficient (Wildman–Crippen LogP) is 3.34. The lowest BCUT2D eigenvalue weighted by Crippen LogP contribution is -2.56. The highest BCUT2D eigenvalue weighted by Gasteiger charge is 2.35. The Balaban J connectivity index is 1.000. The molecule has 2 aromatic heterocycles. The topological polar surface area (TPSA) is 123 Å². The SMILES string of the molecule is CN1CCC(N2CCN(C(=O)[C@@H](Cc3ccc4[nH]ncc4c3)OC(=O)N3CCC(n4cc(-c5ccccc5)[nH]c4=O)CC3)CC2)CC1. The van der Waals surface area contributed by atoms with Crippen molar-refractivity contribution in [2.24, 2.45) is 0 Å². The van der Waals surface area contributed by atoms with E-state index >= 15 is 0 Å². The summed E-state index contributed by atoms with van der Waals surface area (Å²) in [5.74, 6) is -0.143. The summed E-state index contributed by atoms with van der Waals surface area (Å²) in [6, 6.07) is 16.2. The molecule has 2 N–H and O–H groups in total. The number of fused-ring (bicyclic) bond motifs is 1. The molecule has 1 atom stereocenters. The first kappa shape index (κ1) is 31.2. The van der Waals surface area contributed by atoms with E-state index in [2.05, 4.69) is 32.0 Å². The lowest BCUT2D eigenvalue weighted by Gasteiger charge is -2.42. The normalized spacial score (nSPS) is 19.7. The highest BCUT2D eigenvalue weighted by Crippen LogP contribution is 2.25. The Morgan fingerprint density at radius 2 is 1.62 bits per heavy atom. The molecule has 5 heterocycles. The molecule has 0 spiro atoms. The third kappa shape index (κ3) is 6.98. The number of imidazole rings is 1. The maximum atomic E-state index is 14.0. The van der Waals surface area contributed by atoms with Crippen LogP contribution in [0, 0.1) is 0 Å². The Morgan fingerprint density at radius 1 is 0.894 bits per heavy atom. The van der Waals surface area contributed by atoms with Gasteiger partial charge in [0.2, 0.25) is 0 Å². The van der Waals surface area contributed by atoms with Crippen LogP contribution in [0.25, 0.3) is 22.2 Å². The van der Waals surface area contributed by atoms with Crippen LogP contribution in [0.5, 0.6) is 0 Å². The average Bonchev–Trinajstić information content (AvgIpc) is 3.75. The smallest absolute Gasteiger partial charge is 0.410 e. The van der Waals surface area contributed by atoms with Gasteiger partial charge in [-0.1, -0.05) is 36.4 Å². The van der Waals surface area contributed by atoms with Gasteiger partial charge in [0.05, 0.1) is 17.4 Å². The van der Waals surface area contributed by atoms with Gasteiger partial charge in [-0.15, -0.1) is 0 Å². The minimum Gasteiger partial charge on any atom is -0.436 e. The van der Waals surface area contributed by atoms with Crippen LogP contribution in [0.4, 0.5) is 4.79 Å². The number of aromatic amines is 2. The van der Waals surface area contributed by atoms with Crippen molar-refractivity contribution in [3.05, 3.63) is 77.0 Å². The maximum Gasteiger partial charge on any atom is 0.410 e. The summed E-state index contributed by atoms with van der Waals surface area (Å²) in [6.07, 6.45) is 6.06. The first-order valence-electron chi connectivity index (χ1n) is 16.9. The maximum absolute atomic E-state index is 14.0. The van der Waals surface area contributed by atoms with E-state index in [1.807, 2.05) is 59.6 Å². The number of benzene rings is 2. The zero-order valence-electron chi connectivity index (χ0n) is 27.0. The van der Waals surface area contributed by atoms with E-state index in [0.29, 0.717) is 51.5 Å². The molecule has 3 saturated heterocycles. The van der Waals surface area contributed by atoms with Crippen molar-refractivity contribution < 1.29 is 14.3 Å². The summed E-state index contributed by atoms with van der Waals surface area (Å²) in [5, 5.41) is 8.03. The molecule has 0 bridgehead atoms. The largest absolute Gasteiger partial charge is 0.436 e. The number of piperazine rings is 1. The van der Waals surface area contributed by atoms with Crippen LogP contribution in [0.2, 0.25) is 0 Å². The fraction of sp³-hybridized carbons (Fsp3) is 0.486. The van der Waals surface area contributed by atoms with Crippen molar-refractivity contribution in [3.63, 3.8) is 0 Å². The second-order valence-corrected chi connectivity index (χ2v) is 13.2. The van der Waals surface area contributed by atoms with Crippen molar-refractivity contribution in [2.75, 3.05) is 59.4 Å². The molecule has 4 aromatic rings. The highest BCUT2D eigenvalue weighted by atomic mass is 16.6. The molecule has 2 aromatic carbocycles. The molecular weight excluding hydrogens is 596 g/mol. The molecule has 248 valence electrons. The summed E-state index contributed by atoms with van der Waals surface area (Å²) < 4.78 is 7.81. The second-order valence-electron chi connectivity index (χ2n) is 13.2. The third-order valence-electron chi connectivity index (χ3n) is 10.2. The summed E-state index contributed by atoms with van der Waals surface area (Å²) in [6.45, 7) is 6.02. The van der Waals surface area contributed by atoms with Gasteiger partial charge in [0, 0.05) is 69.4 Å². The van der Waals surface area contributed by atoms with Crippen LogP contribution in [0.1, 0.15) is 37.3 Å². The van der Waals surface area contributed by atoms with Crippen LogP contribution < -0.4 is 5.69 Å². The molecule has 0 aliphatic carbocycles. The zero-order valence-corrected chi connectivity index (χ0v) is 27.0. The van der Waals surface area contributed by atoms with Gasteiger partial charge in [0.15, 0.2) is 6.10 Å². The van der Waals surface area contributed by atoms with Crippen molar-refractivity contribution in [3.8, 4) is 11.3 Å². The highest BCUT2D eigenvalue weighted by molar-refractivity contribution is 5.84. The van der Waals surface area contributed by atoms with E-state index in [1.54, 1.807) is 15.7 Å². The van der Waals surface area contributed by atoms with E-state index in [1.165, 1.54) is 0 Å². The average molecular weight is 641 g/mol. The monoisotopic (exact) mass is 640 g/mol. The fourth-order valence-electron chi connectivity index (χ4n) is 7.35. The molecule has 2 amide bonds. The fourth-order valence-corrected chi connectivity index (χ4v) is 7.35. The van der Waals surface area contributed by atoms with E-state index in [4.69, 9.17) is 4.74 Å². The number of hydrogen-bond acceptors (Lipinski definition) is 7. The summed E-state index contributed by atoms with van der Waals surface area (Å²) in [7, 11) is 2.17. The first-order valence-corrected chi connectivity index (χ1v) is 16.9. The van der Waals surface area contributed by atoms with E-state index in [-0.39, 0.29) is 17.6 Å².